The predicted octanol–water partition coefficient (Wildman–Crippen LogP) is 14.3. The summed E-state index contributed by atoms with van der Waals surface area (Å²) in [5.41, 5.74) is 12.1. The second kappa shape index (κ2) is 43.9. The number of benzene rings is 4. The predicted molar refractivity (Wildman–Crippen MR) is 471 cm³/mol. The molecule has 0 spiro atoms. The molecule has 8 aliphatic rings. The molecule has 8 N–H and O–H groups in total. The van der Waals surface area contributed by atoms with E-state index in [-0.39, 0.29) is 20.8 Å². The second-order valence-corrected chi connectivity index (χ2v) is 24.2. The molecule has 4 aromatic rings. The van der Waals surface area contributed by atoms with Crippen molar-refractivity contribution in [2.24, 2.45) is 93.7 Å². The molecule has 0 aliphatic carbocycles. The zero-order chi connectivity index (χ0) is 182. The van der Waals surface area contributed by atoms with Crippen molar-refractivity contribution in [1.29, 1.82) is 0 Å². The largest absolute Gasteiger partial charge is 0.493 e. The van der Waals surface area contributed by atoms with E-state index in [2.05, 4.69) is 0 Å². The van der Waals surface area contributed by atoms with Crippen LogP contribution in [0.3, 0.4) is 0 Å². The summed E-state index contributed by atoms with van der Waals surface area (Å²) in [6.07, 6.45) is -66.8. The summed E-state index contributed by atoms with van der Waals surface area (Å²) in [5.74, 6) is -70.8. The van der Waals surface area contributed by atoms with E-state index in [9.17, 15) is 48.0 Å². The van der Waals surface area contributed by atoms with Gasteiger partial charge in [0.1, 0.15) is 48.5 Å². The van der Waals surface area contributed by atoms with Gasteiger partial charge in [-0.25, -0.2) is 0 Å². The Hall–Kier alpha value is -7.16. The Labute approximate surface area is 869 Å². The molecule has 120 heavy (non-hydrogen) atoms. The third-order valence-corrected chi connectivity index (χ3v) is 15.9. The first-order chi connectivity index (χ1) is 98.5. The van der Waals surface area contributed by atoms with E-state index >= 15 is 0 Å². The normalized spacial score (nSPS) is 53.1. The molecule has 24 heteroatoms. The van der Waals surface area contributed by atoms with Crippen LogP contribution in [0, 0.1) is 70.7 Å². The van der Waals surface area contributed by atoms with Gasteiger partial charge in [-0.15, -0.1) is 0 Å². The maximum absolute atomic E-state index is 14.0. The van der Waals surface area contributed by atoms with Gasteiger partial charge in [0.05, 0.1) is 82.8 Å². The Balaban J connectivity index is 0.000000324. The van der Waals surface area contributed by atoms with E-state index in [4.69, 9.17) is 198 Å². The van der Waals surface area contributed by atoms with Crippen LogP contribution >= 0.6 is 0 Å². The van der Waals surface area contributed by atoms with E-state index in [0.717, 1.165) is 42.7 Å². The minimum Gasteiger partial charge on any atom is -0.493 e. The lowest BCUT2D eigenvalue weighted by atomic mass is 9.79. The summed E-state index contributed by atoms with van der Waals surface area (Å²) in [5, 5.41) is 0. The second-order valence-electron chi connectivity index (χ2n) is 24.2. The zero-order valence-corrected chi connectivity index (χ0v) is 64.2. The van der Waals surface area contributed by atoms with Crippen LogP contribution in [-0.2, 0) is 63.6 Å². The number of hydrogen-bond acceptors (Lipinski definition) is 24. The molecule has 4 aromatic carbocycles. The minimum absolute atomic E-state index is 0.219. The van der Waals surface area contributed by atoms with E-state index in [0.29, 0.717) is 6.92 Å². The topological polar surface area (TPSA) is 296 Å². The number of fused-ring (bicyclic) bond motifs is 12. The third kappa shape index (κ3) is 23.8. The SMILES string of the molecule is [2H]c1c(OC)c(OC([2H])([2H])[2H])c([2H])c2c1C1N(C([2H])([2H])C2([2H])[2H])C([2H])([2H])C([2H])(C([2H])([2H])C([2H])(C)C([2H])([2H])[2H])C(OC(=O)[C@@]([2H])(N)C([2H])(C([2H])([2H])[2H])C([2H])([2H])[2H])C1([2H])[2H].[2H]c1c(OC)c(OC([2H])([2H])[2H])c([2H])c2c1C1N(C([2H])([2H])C2([2H])[2H])C([2H])([2H])C([2H])(C([2H])([2H])C([2H])(C)C([2H])([2H])[2H])C(OC(=O)[C@@]([2H])(N)C([2H])(C([2H])([2H])[2H])C([2H])([2H])[2H])C1([2H])[2H].[2H]c1c(OC)c(OC)c([2H])c2c1C1N(C([2H])([2H])C2([2H])[2H])C([2H])([2H])C([2H])(C([2H])([2H])C([2H])(C)C([2H])([2H])[2H])C(OC(=O)[C@@]([2H])(N)C([2H])(C([2H])([2H])[2H])C([2H])([2H])[2H])C1([2H])[2H].[2H]c1c(OC)c(OC)c([2H])c2c1C1N(C([2H])([2H])C2([2H])[2H])C([2H])([2H])C([2H])(C([2H])([2H])C([2H])(C)C([2H])([2H])[2H])C([2H])(OC(=O)[C@@]([2H])(N)C([2H])(C([2H])([2H])[2H])C([2H])([2H])[2H])C1([2H])[2H]. The van der Waals surface area contributed by atoms with Crippen molar-refractivity contribution in [3.8, 4) is 46.0 Å². The molecule has 24 nitrogen and oxygen atoms in total. The fourth-order valence-electron chi connectivity index (χ4n) is 10.6. The van der Waals surface area contributed by atoms with Gasteiger partial charge in [-0.2, -0.15) is 0 Å². The first kappa shape index (κ1) is 27.2. The highest BCUT2D eigenvalue weighted by Gasteiger charge is 2.47. The average Bonchev–Trinajstić information content (AvgIpc) is 0.651. The van der Waals surface area contributed by atoms with Gasteiger partial charge in [-0.1, -0.05) is 110 Å². The van der Waals surface area contributed by atoms with Gasteiger partial charge in [0.2, 0.25) is 0 Å². The molecular weight excluding hydrogens is 1520 g/mol. The Bertz CT molecular complexity index is 8830. The van der Waals surface area contributed by atoms with Crippen molar-refractivity contribution in [3.63, 3.8) is 0 Å². The fraction of sp³-hybridized carbons (Fsp3) is 0.708. The number of ether oxygens (including phenoxy) is 12. The number of carbonyl (C=O) groups excluding carboxylic acids is 4. The van der Waals surface area contributed by atoms with Crippen LogP contribution in [0.25, 0.3) is 0 Å². The fourth-order valence-corrected chi connectivity index (χ4v) is 10.6. The summed E-state index contributed by atoms with van der Waals surface area (Å²) in [7, 11) is -1.79. The van der Waals surface area contributed by atoms with Crippen LogP contribution in [0.4, 0.5) is 0 Å². The molecule has 0 radical (unpaired) electrons. The Morgan fingerprint density at radius 3 is 0.858 bits per heavy atom. The quantitative estimate of drug-likeness (QED) is 0.0303. The molecular formula is C96H152N8O16. The van der Waals surface area contributed by atoms with Crippen molar-refractivity contribution in [1.82, 2.24) is 19.6 Å². The minimum atomic E-state index is -4.96. The lowest BCUT2D eigenvalue weighted by Gasteiger charge is -2.47. The molecule has 20 atom stereocenters. The maximum atomic E-state index is 14.0. The molecule has 16 unspecified atom stereocenters. The molecule has 12 rings (SSSR count). The highest BCUT2D eigenvalue weighted by Crippen LogP contribution is 2.50. The Morgan fingerprint density at radius 2 is 0.608 bits per heavy atom. The molecule has 4 fully saturated rings. The van der Waals surface area contributed by atoms with Gasteiger partial charge in [0.15, 0.2) is 46.0 Å². The van der Waals surface area contributed by atoms with E-state index in [1.807, 2.05) is 0 Å². The molecule has 4 saturated heterocycles. The van der Waals surface area contributed by atoms with Gasteiger partial charge < -0.3 is 79.8 Å². The number of hydrogen-bond donors (Lipinski definition) is 4. The van der Waals surface area contributed by atoms with Gasteiger partial charge >= 0.3 is 23.9 Å². The number of nitrogens with zero attached hydrogens (tertiary/aromatic N) is 4. The number of rotatable bonds is 28. The molecule has 8 heterocycles. The lowest BCUT2D eigenvalue weighted by Crippen LogP contribution is -2.51. The van der Waals surface area contributed by atoms with Crippen molar-refractivity contribution in [2.75, 3.05) is 109 Å². The molecule has 0 amide bonds. The average molecular weight is 1780 g/mol. The molecule has 8 aliphatic heterocycles. The van der Waals surface area contributed by atoms with Crippen LogP contribution in [0.2, 0.25) is 0 Å². The summed E-state index contributed by atoms with van der Waals surface area (Å²) in [6, 6.07) is -40.2. The number of nitrogens with two attached hydrogens (primary N) is 4. The molecule has 0 bridgehead atoms. The van der Waals surface area contributed by atoms with Gasteiger partial charge in [-0.05, 0) is 191 Å². The van der Waals surface area contributed by atoms with Crippen molar-refractivity contribution < 1.29 is 223 Å². The summed E-state index contributed by atoms with van der Waals surface area (Å²) >= 11 is 0. The van der Waals surface area contributed by atoms with E-state index in [1.165, 1.54) is 0 Å². The monoisotopic (exact) mass is 1780 g/mol. The maximum Gasteiger partial charge on any atom is 0.323 e. The Kier molecular flexibility index (Phi) is 9.96. The third-order valence-electron chi connectivity index (χ3n) is 15.9. The lowest BCUT2D eigenvalue weighted by molar-refractivity contribution is -0.161. The number of piperidine rings is 4. The van der Waals surface area contributed by atoms with E-state index in [1.54, 1.807) is 0 Å². The van der Waals surface area contributed by atoms with Crippen molar-refractivity contribution in [3.05, 3.63) is 92.8 Å². The standard InChI is InChI=1S/4C24H38N2O4/c4*1-14(2)9-17-13-26-8-7-16-10-21(28-5)22(29-6)11-18(16)19(26)12-20(17)30-24(27)23(25)15(3)4/h4*10-11,14-15,17,19-20,23H,7-9,12-13,25H2,1-6H3/t4*17?,19?,20?,23-/m0000/s1/i1D3,3D3,4D3,7D2,8D2,9D2,10D,11D,12D2,13D2,14D,15D,17D,20D,23D;2*1D3,3D3,4D3,5D3,7D2,8D2,9D2,10D,11D,12D2,13D2,14D,15D,17D,23D;1D3,3D3,4D3,7D2,8D2,9D2,10D,11D,12D2,13D2,14D,15D,17D,23D/t4*14?,17?,19?,20?,23-. The van der Waals surface area contributed by atoms with Gasteiger partial charge in [0, 0.05) is 246 Å². The zero-order valence-electron chi connectivity index (χ0n) is 171. The number of methoxy groups -OCH3 is 8. The van der Waals surface area contributed by atoms with Gasteiger partial charge in [-0.3, -0.25) is 38.8 Å². The van der Waals surface area contributed by atoms with Crippen LogP contribution in [0.5, 0.6) is 46.0 Å². The van der Waals surface area contributed by atoms with Crippen LogP contribution < -0.4 is 60.8 Å². The Morgan fingerprint density at radius 1 is 0.375 bits per heavy atom. The molecule has 0 aromatic heterocycles. The first-order valence-electron chi connectivity index (χ1n) is 87.1. The molecule has 672 valence electrons. The van der Waals surface area contributed by atoms with Gasteiger partial charge in [0.25, 0.3) is 0 Å². The van der Waals surface area contributed by atoms with E-state index < -0.39 is 550 Å². The summed E-state index contributed by atoms with van der Waals surface area (Å²) in [6.45, 7) is -83.3. The highest BCUT2D eigenvalue weighted by molar-refractivity contribution is 5.77. The summed E-state index contributed by atoms with van der Waals surface area (Å²) < 4.78 is 966. The number of esters is 4. The van der Waals surface area contributed by atoms with Crippen LogP contribution in [-0.4, -0.2) is 201 Å². The van der Waals surface area contributed by atoms with Crippen molar-refractivity contribution in [2.45, 2.75) is 259 Å². The van der Waals surface area contributed by atoms with Crippen LogP contribution in [0.1, 0.15) is 376 Å². The summed E-state index contributed by atoms with van der Waals surface area (Å²) in [4.78, 5) is 53.9. The smallest absolute Gasteiger partial charge is 0.323 e. The van der Waals surface area contributed by atoms with Crippen molar-refractivity contribution >= 4 is 23.9 Å². The number of carbonyl (C=O) groups is 4. The highest BCUT2D eigenvalue weighted by atomic mass is 16.6. The molecule has 0 saturated carbocycles. The first-order valence-corrected chi connectivity index (χ1v) is 33.6. The van der Waals surface area contributed by atoms with Crippen LogP contribution in [0.15, 0.2) is 48.3 Å².